The first-order chi connectivity index (χ1) is 8.31. The maximum atomic E-state index is 6.37. The van der Waals surface area contributed by atoms with Crippen LogP contribution in [-0.4, -0.2) is 30.6 Å². The SMILES string of the molecule is CCC(C)(C(N)Cc1cc(Cl)ccc1Cl)N(C)C. The van der Waals surface area contributed by atoms with Gasteiger partial charge in [-0.1, -0.05) is 30.1 Å². The van der Waals surface area contributed by atoms with Crippen LogP contribution >= 0.6 is 23.2 Å². The zero-order valence-corrected chi connectivity index (χ0v) is 13.0. The summed E-state index contributed by atoms with van der Waals surface area (Å²) in [6.45, 7) is 4.33. The fourth-order valence-electron chi connectivity index (χ4n) is 2.07. The Morgan fingerprint density at radius 3 is 2.44 bits per heavy atom. The lowest BCUT2D eigenvalue weighted by Gasteiger charge is -2.41. The molecule has 0 aliphatic rings. The third kappa shape index (κ3) is 3.39. The highest BCUT2D eigenvalue weighted by molar-refractivity contribution is 6.33. The number of benzene rings is 1. The van der Waals surface area contributed by atoms with E-state index >= 15 is 0 Å². The molecule has 18 heavy (non-hydrogen) atoms. The Morgan fingerprint density at radius 2 is 1.94 bits per heavy atom. The van der Waals surface area contributed by atoms with Crippen LogP contribution in [0.15, 0.2) is 18.2 Å². The average molecular weight is 289 g/mol. The van der Waals surface area contributed by atoms with E-state index in [0.717, 1.165) is 23.4 Å². The molecule has 0 radical (unpaired) electrons. The highest BCUT2D eigenvalue weighted by Gasteiger charge is 2.32. The van der Waals surface area contributed by atoms with Crippen molar-refractivity contribution in [3.8, 4) is 0 Å². The van der Waals surface area contributed by atoms with Gasteiger partial charge in [0.15, 0.2) is 0 Å². The number of likely N-dealkylation sites (N-methyl/N-ethyl adjacent to an activating group) is 1. The number of nitrogens with zero attached hydrogens (tertiary/aromatic N) is 1. The summed E-state index contributed by atoms with van der Waals surface area (Å²) in [5, 5.41) is 1.43. The molecule has 2 atom stereocenters. The number of hydrogen-bond donors (Lipinski definition) is 1. The average Bonchev–Trinajstić information content (AvgIpc) is 2.32. The molecule has 0 heterocycles. The largest absolute Gasteiger partial charge is 0.326 e. The van der Waals surface area contributed by atoms with Gasteiger partial charge in [-0.25, -0.2) is 0 Å². The topological polar surface area (TPSA) is 29.3 Å². The molecule has 0 saturated heterocycles. The third-order valence-corrected chi connectivity index (χ3v) is 4.59. The van der Waals surface area contributed by atoms with Crippen molar-refractivity contribution in [1.82, 2.24) is 4.90 Å². The Bertz CT molecular complexity index is 407. The Balaban J connectivity index is 2.93. The van der Waals surface area contributed by atoms with E-state index in [9.17, 15) is 0 Å². The van der Waals surface area contributed by atoms with Gasteiger partial charge in [-0.15, -0.1) is 0 Å². The molecule has 4 heteroatoms. The summed E-state index contributed by atoms with van der Waals surface area (Å²) >= 11 is 12.2. The van der Waals surface area contributed by atoms with Crippen molar-refractivity contribution < 1.29 is 0 Å². The highest BCUT2D eigenvalue weighted by atomic mass is 35.5. The van der Waals surface area contributed by atoms with E-state index in [1.165, 1.54) is 0 Å². The molecule has 0 fully saturated rings. The first-order valence-corrected chi connectivity index (χ1v) is 6.93. The minimum Gasteiger partial charge on any atom is -0.326 e. The van der Waals surface area contributed by atoms with Gasteiger partial charge in [0.25, 0.3) is 0 Å². The number of rotatable bonds is 5. The summed E-state index contributed by atoms with van der Waals surface area (Å²) in [5.74, 6) is 0. The summed E-state index contributed by atoms with van der Waals surface area (Å²) < 4.78 is 0. The van der Waals surface area contributed by atoms with Crippen LogP contribution in [0.1, 0.15) is 25.8 Å². The maximum absolute atomic E-state index is 6.37. The molecule has 0 amide bonds. The predicted octanol–water partition coefficient (Wildman–Crippen LogP) is 3.59. The molecule has 1 aromatic rings. The van der Waals surface area contributed by atoms with E-state index in [2.05, 4.69) is 32.8 Å². The molecule has 102 valence electrons. The second-order valence-electron chi connectivity index (χ2n) is 5.15. The van der Waals surface area contributed by atoms with Gasteiger partial charge in [0, 0.05) is 21.6 Å². The normalized spacial score (nSPS) is 16.7. The van der Waals surface area contributed by atoms with Crippen LogP contribution in [0.25, 0.3) is 0 Å². The van der Waals surface area contributed by atoms with Crippen molar-refractivity contribution in [2.45, 2.75) is 38.3 Å². The summed E-state index contributed by atoms with van der Waals surface area (Å²) in [4.78, 5) is 2.18. The molecule has 0 spiro atoms. The first-order valence-electron chi connectivity index (χ1n) is 6.18. The van der Waals surface area contributed by atoms with Crippen LogP contribution in [-0.2, 0) is 6.42 Å². The van der Waals surface area contributed by atoms with Crippen molar-refractivity contribution in [2.24, 2.45) is 5.73 Å². The molecule has 0 saturated carbocycles. The fraction of sp³-hybridized carbons (Fsp3) is 0.571. The van der Waals surface area contributed by atoms with Crippen LogP contribution in [0, 0.1) is 0 Å². The Kier molecular flexibility index (Phi) is 5.47. The number of hydrogen-bond acceptors (Lipinski definition) is 2. The van der Waals surface area contributed by atoms with Crippen molar-refractivity contribution in [2.75, 3.05) is 14.1 Å². The molecule has 0 bridgehead atoms. The van der Waals surface area contributed by atoms with Gasteiger partial charge in [0.05, 0.1) is 0 Å². The maximum Gasteiger partial charge on any atom is 0.0439 e. The van der Waals surface area contributed by atoms with E-state index in [-0.39, 0.29) is 11.6 Å². The quantitative estimate of drug-likeness (QED) is 0.897. The van der Waals surface area contributed by atoms with Crippen molar-refractivity contribution in [3.63, 3.8) is 0 Å². The molecule has 0 aromatic heterocycles. The van der Waals surface area contributed by atoms with Gasteiger partial charge in [-0.2, -0.15) is 0 Å². The van der Waals surface area contributed by atoms with E-state index in [1.807, 2.05) is 12.1 Å². The van der Waals surface area contributed by atoms with Crippen molar-refractivity contribution >= 4 is 23.2 Å². The minimum absolute atomic E-state index is 0.00784. The summed E-state index contributed by atoms with van der Waals surface area (Å²) in [5.41, 5.74) is 7.33. The number of halogens is 2. The second-order valence-corrected chi connectivity index (χ2v) is 6.00. The summed E-state index contributed by atoms with van der Waals surface area (Å²) in [6, 6.07) is 5.53. The Morgan fingerprint density at radius 1 is 1.33 bits per heavy atom. The zero-order valence-electron chi connectivity index (χ0n) is 11.5. The van der Waals surface area contributed by atoms with E-state index < -0.39 is 0 Å². The van der Waals surface area contributed by atoms with Gasteiger partial charge in [0.1, 0.15) is 0 Å². The van der Waals surface area contributed by atoms with Gasteiger partial charge >= 0.3 is 0 Å². The molecule has 1 aromatic carbocycles. The fourth-order valence-corrected chi connectivity index (χ4v) is 2.46. The van der Waals surface area contributed by atoms with Crippen LogP contribution < -0.4 is 5.73 Å². The smallest absolute Gasteiger partial charge is 0.0439 e. The molecule has 2 nitrogen and oxygen atoms in total. The zero-order chi connectivity index (χ0) is 13.9. The first kappa shape index (κ1) is 15.8. The Hall–Kier alpha value is -0.280. The molecular weight excluding hydrogens is 267 g/mol. The van der Waals surface area contributed by atoms with E-state index in [0.29, 0.717) is 5.02 Å². The third-order valence-electron chi connectivity index (χ3n) is 3.98. The van der Waals surface area contributed by atoms with Crippen LogP contribution in [0.4, 0.5) is 0 Å². The lowest BCUT2D eigenvalue weighted by Crippen LogP contribution is -2.55. The Labute approximate surface area is 120 Å². The molecule has 2 unspecified atom stereocenters. The van der Waals surface area contributed by atoms with Gasteiger partial charge in [-0.05, 0) is 57.6 Å². The molecule has 0 aliphatic carbocycles. The van der Waals surface area contributed by atoms with Crippen LogP contribution in [0.5, 0.6) is 0 Å². The summed E-state index contributed by atoms with van der Waals surface area (Å²) in [6.07, 6.45) is 1.71. The van der Waals surface area contributed by atoms with Crippen molar-refractivity contribution in [1.29, 1.82) is 0 Å². The van der Waals surface area contributed by atoms with Crippen LogP contribution in [0.3, 0.4) is 0 Å². The predicted molar refractivity (Wildman–Crippen MR) is 80.5 cm³/mol. The van der Waals surface area contributed by atoms with Gasteiger partial charge in [0.2, 0.25) is 0 Å². The second kappa shape index (κ2) is 6.25. The van der Waals surface area contributed by atoms with Crippen LogP contribution in [0.2, 0.25) is 10.0 Å². The van der Waals surface area contributed by atoms with Gasteiger partial charge < -0.3 is 10.6 Å². The molecule has 0 aliphatic heterocycles. The molecule has 1 rings (SSSR count). The van der Waals surface area contributed by atoms with Gasteiger partial charge in [-0.3, -0.25) is 0 Å². The van der Waals surface area contributed by atoms with E-state index in [1.54, 1.807) is 6.07 Å². The number of nitrogens with two attached hydrogens (primary N) is 1. The van der Waals surface area contributed by atoms with E-state index in [4.69, 9.17) is 28.9 Å². The monoisotopic (exact) mass is 288 g/mol. The lowest BCUT2D eigenvalue weighted by molar-refractivity contribution is 0.131. The highest BCUT2D eigenvalue weighted by Crippen LogP contribution is 2.26. The minimum atomic E-state index is -0.0500. The van der Waals surface area contributed by atoms with Crippen molar-refractivity contribution in [3.05, 3.63) is 33.8 Å². The summed E-state index contributed by atoms with van der Waals surface area (Å²) in [7, 11) is 4.12. The molecule has 2 N–H and O–H groups in total. The standard InChI is InChI=1S/C14H22Cl2N2/c1-5-14(2,18(3)4)13(17)9-10-8-11(15)6-7-12(10)16/h6-8,13H,5,9,17H2,1-4H3. The molecular formula is C14H22Cl2N2. The lowest BCUT2D eigenvalue weighted by atomic mass is 9.85.